The zero-order valence-electron chi connectivity index (χ0n) is 18.4. The van der Waals surface area contributed by atoms with Crippen molar-refractivity contribution in [1.82, 2.24) is 4.90 Å². The van der Waals surface area contributed by atoms with E-state index in [1.54, 1.807) is 6.92 Å². The third kappa shape index (κ3) is 6.78. The largest absolute Gasteiger partial charge is 0.491 e. The van der Waals surface area contributed by atoms with Crippen LogP contribution < -0.4 is 10.5 Å². The number of carboxylic acid groups (broad SMARTS) is 1. The fourth-order valence-electron chi connectivity index (χ4n) is 4.16. The average molecular weight is 447 g/mol. The number of rotatable bonds is 10. The van der Waals surface area contributed by atoms with Crippen molar-refractivity contribution < 1.29 is 30.4 Å². The van der Waals surface area contributed by atoms with Crippen LogP contribution in [-0.2, 0) is 22.6 Å². The Balaban J connectivity index is 0.00000256. The number of hydrogen-bond acceptors (Lipinski definition) is 4. The van der Waals surface area contributed by atoms with Crippen LogP contribution in [-0.4, -0.2) is 52.0 Å². The SMILES string of the molecule is CC1(CC(=O)O)CC(COc2ccc(CN)cc2)N(CCCc2ccccc2)C1=O.O.O. The highest BCUT2D eigenvalue weighted by molar-refractivity contribution is 5.88. The number of nitrogens with two attached hydrogens (primary N) is 1. The second-order valence-electron chi connectivity index (χ2n) is 8.24. The minimum atomic E-state index is -0.950. The van der Waals surface area contributed by atoms with Crippen LogP contribution in [0.15, 0.2) is 54.6 Å². The monoisotopic (exact) mass is 446 g/mol. The first-order chi connectivity index (χ1) is 14.4. The maximum absolute atomic E-state index is 13.1. The number of hydrogen-bond donors (Lipinski definition) is 2. The van der Waals surface area contributed by atoms with Gasteiger partial charge in [-0.25, -0.2) is 0 Å². The number of amides is 1. The molecule has 0 aliphatic carbocycles. The number of carbonyl (C=O) groups is 2. The maximum Gasteiger partial charge on any atom is 0.304 e. The van der Waals surface area contributed by atoms with E-state index < -0.39 is 11.4 Å². The second-order valence-corrected chi connectivity index (χ2v) is 8.24. The molecule has 3 rings (SSSR count). The normalized spacial score (nSPS) is 19.8. The summed E-state index contributed by atoms with van der Waals surface area (Å²) >= 11 is 0. The molecular weight excluding hydrogens is 412 g/mol. The second kappa shape index (κ2) is 12.2. The molecule has 0 saturated carbocycles. The van der Waals surface area contributed by atoms with Crippen molar-refractivity contribution in [1.29, 1.82) is 0 Å². The predicted molar refractivity (Wildman–Crippen MR) is 122 cm³/mol. The van der Waals surface area contributed by atoms with E-state index in [0.717, 1.165) is 24.2 Å². The van der Waals surface area contributed by atoms with Crippen LogP contribution in [0.3, 0.4) is 0 Å². The lowest BCUT2D eigenvalue weighted by Gasteiger charge is -2.25. The Labute approximate surface area is 188 Å². The van der Waals surface area contributed by atoms with Crippen LogP contribution in [0.5, 0.6) is 5.75 Å². The molecule has 0 bridgehead atoms. The number of ether oxygens (including phenoxy) is 1. The van der Waals surface area contributed by atoms with Crippen LogP contribution in [0, 0.1) is 5.41 Å². The van der Waals surface area contributed by atoms with E-state index in [0.29, 0.717) is 26.1 Å². The van der Waals surface area contributed by atoms with Crippen molar-refractivity contribution in [2.45, 2.75) is 45.2 Å². The van der Waals surface area contributed by atoms with Crippen molar-refractivity contribution in [2.75, 3.05) is 13.2 Å². The molecule has 0 radical (unpaired) electrons. The molecule has 0 aromatic heterocycles. The fourth-order valence-corrected chi connectivity index (χ4v) is 4.16. The Bertz CT molecular complexity index is 859. The summed E-state index contributed by atoms with van der Waals surface area (Å²) in [6, 6.07) is 17.6. The van der Waals surface area contributed by atoms with Gasteiger partial charge in [-0.05, 0) is 42.5 Å². The average Bonchev–Trinajstić information content (AvgIpc) is 2.97. The minimum Gasteiger partial charge on any atom is -0.491 e. The van der Waals surface area contributed by atoms with Gasteiger partial charge in [-0.15, -0.1) is 0 Å². The quantitative estimate of drug-likeness (QED) is 0.567. The van der Waals surface area contributed by atoms with E-state index in [4.69, 9.17) is 10.5 Å². The first-order valence-corrected chi connectivity index (χ1v) is 10.4. The fraction of sp³-hybridized carbons (Fsp3) is 0.417. The molecule has 1 heterocycles. The maximum atomic E-state index is 13.1. The van der Waals surface area contributed by atoms with Gasteiger partial charge in [0.25, 0.3) is 0 Å². The van der Waals surface area contributed by atoms with Gasteiger partial charge in [0, 0.05) is 13.1 Å². The molecule has 2 unspecified atom stereocenters. The Hall–Kier alpha value is -2.94. The van der Waals surface area contributed by atoms with Gasteiger partial charge in [0.1, 0.15) is 12.4 Å². The van der Waals surface area contributed by atoms with Gasteiger partial charge in [0.2, 0.25) is 5.91 Å². The van der Waals surface area contributed by atoms with Gasteiger partial charge in [-0.3, -0.25) is 9.59 Å². The third-order valence-corrected chi connectivity index (χ3v) is 5.75. The molecule has 8 heteroatoms. The highest BCUT2D eigenvalue weighted by Gasteiger charge is 2.49. The Kier molecular flexibility index (Phi) is 10.3. The Morgan fingerprint density at radius 1 is 1.12 bits per heavy atom. The van der Waals surface area contributed by atoms with E-state index in [-0.39, 0.29) is 29.3 Å². The minimum absolute atomic E-state index is 0. The topological polar surface area (TPSA) is 156 Å². The zero-order valence-corrected chi connectivity index (χ0v) is 18.4. The van der Waals surface area contributed by atoms with Crippen LogP contribution in [0.4, 0.5) is 0 Å². The van der Waals surface area contributed by atoms with Crippen LogP contribution in [0.2, 0.25) is 0 Å². The number of aliphatic carboxylic acids is 1. The van der Waals surface area contributed by atoms with Crippen molar-refractivity contribution >= 4 is 11.9 Å². The number of benzene rings is 2. The molecule has 7 N–H and O–H groups in total. The molecule has 1 aliphatic rings. The highest BCUT2D eigenvalue weighted by atomic mass is 16.5. The Morgan fingerprint density at radius 2 is 1.78 bits per heavy atom. The van der Waals surface area contributed by atoms with Gasteiger partial charge in [-0.2, -0.15) is 0 Å². The standard InChI is InChI=1S/C24H30N2O4.2H2O/c1-24(15-22(27)28)14-20(17-30-21-11-9-19(16-25)10-12-21)26(23(24)29)13-5-8-18-6-3-2-4-7-18;;/h2-4,6-7,9-12,20H,5,8,13-17,25H2,1H3,(H,27,28);2*1H2. The van der Waals surface area contributed by atoms with Crippen LogP contribution in [0.1, 0.15) is 37.3 Å². The smallest absolute Gasteiger partial charge is 0.304 e. The van der Waals surface area contributed by atoms with Crippen LogP contribution >= 0.6 is 0 Å². The summed E-state index contributed by atoms with van der Waals surface area (Å²) in [5.74, 6) is -0.324. The summed E-state index contributed by atoms with van der Waals surface area (Å²) in [5, 5.41) is 9.30. The van der Waals surface area contributed by atoms with Crippen LogP contribution in [0.25, 0.3) is 0 Å². The predicted octanol–water partition coefficient (Wildman–Crippen LogP) is 1.59. The van der Waals surface area contributed by atoms with E-state index in [2.05, 4.69) is 12.1 Å². The lowest BCUT2D eigenvalue weighted by atomic mass is 9.84. The molecule has 1 amide bonds. The molecular formula is C24H34N2O6. The lowest BCUT2D eigenvalue weighted by Crippen LogP contribution is -2.39. The van der Waals surface area contributed by atoms with Crippen molar-refractivity contribution in [3.63, 3.8) is 0 Å². The number of carboxylic acids is 1. The van der Waals surface area contributed by atoms with E-state index in [1.165, 1.54) is 5.56 Å². The van der Waals surface area contributed by atoms with Gasteiger partial charge in [-0.1, -0.05) is 49.4 Å². The number of carbonyl (C=O) groups excluding carboxylic acids is 1. The van der Waals surface area contributed by atoms with Crippen molar-refractivity contribution in [3.05, 3.63) is 65.7 Å². The molecule has 2 atom stereocenters. The molecule has 2 aromatic carbocycles. The molecule has 1 aliphatic heterocycles. The van der Waals surface area contributed by atoms with Gasteiger partial charge in [0.15, 0.2) is 0 Å². The first-order valence-electron chi connectivity index (χ1n) is 10.4. The van der Waals surface area contributed by atoms with Crippen molar-refractivity contribution in [2.24, 2.45) is 11.1 Å². The highest BCUT2D eigenvalue weighted by Crippen LogP contribution is 2.39. The summed E-state index contributed by atoms with van der Waals surface area (Å²) in [7, 11) is 0. The molecule has 1 fully saturated rings. The molecule has 2 aromatic rings. The third-order valence-electron chi connectivity index (χ3n) is 5.75. The molecule has 8 nitrogen and oxygen atoms in total. The molecule has 0 spiro atoms. The summed E-state index contributed by atoms with van der Waals surface area (Å²) < 4.78 is 5.95. The van der Waals surface area contributed by atoms with E-state index in [1.807, 2.05) is 47.4 Å². The van der Waals surface area contributed by atoms with E-state index in [9.17, 15) is 14.7 Å². The summed E-state index contributed by atoms with van der Waals surface area (Å²) in [6.45, 7) is 3.15. The van der Waals surface area contributed by atoms with Crippen molar-refractivity contribution in [3.8, 4) is 5.75 Å². The summed E-state index contributed by atoms with van der Waals surface area (Å²) in [5.41, 5.74) is 6.99. The number of likely N-dealkylation sites (tertiary alicyclic amines) is 1. The lowest BCUT2D eigenvalue weighted by molar-refractivity contribution is -0.146. The summed E-state index contributed by atoms with van der Waals surface area (Å²) in [4.78, 5) is 26.3. The van der Waals surface area contributed by atoms with Gasteiger partial charge < -0.3 is 31.4 Å². The number of aryl methyl sites for hydroxylation is 1. The molecule has 1 saturated heterocycles. The molecule has 176 valence electrons. The van der Waals surface area contributed by atoms with Gasteiger partial charge in [0.05, 0.1) is 17.9 Å². The molecule has 32 heavy (non-hydrogen) atoms. The first kappa shape index (κ1) is 27.1. The number of nitrogens with zero attached hydrogens (tertiary/aromatic N) is 1. The Morgan fingerprint density at radius 3 is 2.38 bits per heavy atom. The summed E-state index contributed by atoms with van der Waals surface area (Å²) in [6.07, 6.45) is 2.00. The zero-order chi connectivity index (χ0) is 21.6. The van der Waals surface area contributed by atoms with Gasteiger partial charge >= 0.3 is 5.97 Å². The van der Waals surface area contributed by atoms with E-state index >= 15 is 0 Å².